The summed E-state index contributed by atoms with van der Waals surface area (Å²) < 4.78 is 12.6. The van der Waals surface area contributed by atoms with Gasteiger partial charge >= 0.3 is 7.12 Å². The Morgan fingerprint density at radius 1 is 1.13 bits per heavy atom. The van der Waals surface area contributed by atoms with E-state index < -0.39 is 0 Å². The lowest BCUT2D eigenvalue weighted by Gasteiger charge is -2.09. The number of rotatable bonds is 3. The first-order chi connectivity index (χ1) is 7.27. The van der Waals surface area contributed by atoms with Crippen molar-refractivity contribution in [1.82, 2.24) is 4.57 Å². The first-order valence-electron chi connectivity index (χ1n) is 4.88. The van der Waals surface area contributed by atoms with Gasteiger partial charge in [-0.3, -0.25) is 0 Å². The van der Waals surface area contributed by atoms with Gasteiger partial charge in [-0.2, -0.15) is 0 Å². The van der Waals surface area contributed by atoms with Gasteiger partial charge in [-0.15, -0.1) is 0 Å². The molecule has 2 rings (SSSR count). The van der Waals surface area contributed by atoms with Gasteiger partial charge in [-0.25, -0.2) is 0 Å². The lowest BCUT2D eigenvalue weighted by atomic mass is 9.84. The number of para-hydroxylation sites is 1. The molecule has 1 aromatic carbocycles. The first kappa shape index (κ1) is 10.3. The lowest BCUT2D eigenvalue weighted by molar-refractivity contribution is 0.290. The Morgan fingerprint density at radius 2 is 1.80 bits per heavy atom. The van der Waals surface area contributed by atoms with Crippen LogP contribution in [0.4, 0.5) is 0 Å². The van der Waals surface area contributed by atoms with Crippen LogP contribution in [0.3, 0.4) is 0 Å². The minimum Gasteiger partial charge on any atom is -0.409 e. The van der Waals surface area contributed by atoms with Crippen LogP contribution in [-0.4, -0.2) is 25.9 Å². The molecule has 2 aromatic rings. The highest BCUT2D eigenvalue weighted by atomic mass is 16.6. The van der Waals surface area contributed by atoms with Gasteiger partial charge in [-0.05, 0) is 17.5 Å². The molecule has 0 saturated heterocycles. The van der Waals surface area contributed by atoms with E-state index in [1.807, 2.05) is 19.2 Å². The predicted molar refractivity (Wildman–Crippen MR) is 62.3 cm³/mol. The normalized spacial score (nSPS) is 10.9. The van der Waals surface area contributed by atoms with E-state index in [0.717, 1.165) is 5.59 Å². The summed E-state index contributed by atoms with van der Waals surface area (Å²) >= 11 is 0. The van der Waals surface area contributed by atoms with Crippen molar-refractivity contribution in [2.75, 3.05) is 14.2 Å². The van der Waals surface area contributed by atoms with Gasteiger partial charge in [0.1, 0.15) is 0 Å². The Bertz CT molecular complexity index is 463. The Labute approximate surface area is 89.7 Å². The number of benzene rings is 1. The summed E-state index contributed by atoms with van der Waals surface area (Å²) in [5.74, 6) is 0. The van der Waals surface area contributed by atoms with E-state index in [1.165, 1.54) is 10.9 Å². The van der Waals surface area contributed by atoms with Crippen LogP contribution in [0.25, 0.3) is 10.9 Å². The average molecular weight is 203 g/mol. The van der Waals surface area contributed by atoms with Crippen molar-refractivity contribution in [2.45, 2.75) is 0 Å². The van der Waals surface area contributed by atoms with E-state index >= 15 is 0 Å². The van der Waals surface area contributed by atoms with Gasteiger partial charge in [0.25, 0.3) is 0 Å². The van der Waals surface area contributed by atoms with Gasteiger partial charge in [0, 0.05) is 32.4 Å². The minimum atomic E-state index is -0.303. The van der Waals surface area contributed by atoms with Crippen molar-refractivity contribution < 1.29 is 9.31 Å². The molecule has 78 valence electrons. The average Bonchev–Trinajstić information content (AvgIpc) is 2.60. The van der Waals surface area contributed by atoms with Crippen molar-refractivity contribution in [3.8, 4) is 0 Å². The molecule has 0 aliphatic carbocycles. The Morgan fingerprint density at radius 3 is 2.40 bits per heavy atom. The molecule has 0 atom stereocenters. The minimum absolute atomic E-state index is 0.303. The molecule has 0 bridgehead atoms. The third-order valence-electron chi connectivity index (χ3n) is 2.66. The first-order valence-corrected chi connectivity index (χ1v) is 4.88. The third kappa shape index (κ3) is 1.66. The SMILES string of the molecule is COB(OC)c1cc2ccccc2n1C. The summed E-state index contributed by atoms with van der Waals surface area (Å²) in [6.07, 6.45) is 0. The zero-order valence-corrected chi connectivity index (χ0v) is 9.23. The number of nitrogens with zero attached hydrogens (tertiary/aromatic N) is 1. The highest BCUT2D eigenvalue weighted by Gasteiger charge is 2.22. The number of aromatic nitrogens is 1. The molecular formula is C11H14BNO2. The van der Waals surface area contributed by atoms with Crippen LogP contribution in [0.15, 0.2) is 30.3 Å². The van der Waals surface area contributed by atoms with Crippen LogP contribution in [0.1, 0.15) is 0 Å². The van der Waals surface area contributed by atoms with Gasteiger partial charge in [0.05, 0.1) is 0 Å². The topological polar surface area (TPSA) is 23.4 Å². The molecule has 0 saturated carbocycles. The maximum absolute atomic E-state index is 5.25. The Kier molecular flexibility index (Phi) is 2.80. The Hall–Kier alpha value is -1.26. The standard InChI is InChI=1S/C11H14BNO2/c1-13-10-7-5-4-6-9(10)8-11(13)12(14-2)15-3/h4-8H,1-3H3. The molecule has 0 unspecified atom stereocenters. The second-order valence-corrected chi connectivity index (χ2v) is 3.49. The van der Waals surface area contributed by atoms with Crippen LogP contribution < -0.4 is 5.59 Å². The number of hydrogen-bond donors (Lipinski definition) is 0. The molecule has 1 heterocycles. The highest BCUT2D eigenvalue weighted by molar-refractivity contribution is 6.61. The van der Waals surface area contributed by atoms with E-state index in [2.05, 4.69) is 22.8 Å². The van der Waals surface area contributed by atoms with Crippen LogP contribution in [0.5, 0.6) is 0 Å². The van der Waals surface area contributed by atoms with Crippen LogP contribution in [0.2, 0.25) is 0 Å². The van der Waals surface area contributed by atoms with Crippen molar-refractivity contribution in [2.24, 2.45) is 7.05 Å². The van der Waals surface area contributed by atoms with Crippen molar-refractivity contribution in [3.63, 3.8) is 0 Å². The number of hydrogen-bond acceptors (Lipinski definition) is 2. The second kappa shape index (κ2) is 4.09. The van der Waals surface area contributed by atoms with Gasteiger partial charge in [0.15, 0.2) is 0 Å². The fraction of sp³-hybridized carbons (Fsp3) is 0.273. The molecule has 0 radical (unpaired) electrons. The van der Waals surface area contributed by atoms with E-state index in [9.17, 15) is 0 Å². The molecular weight excluding hydrogens is 189 g/mol. The molecule has 0 aliphatic heterocycles. The largest absolute Gasteiger partial charge is 0.510 e. The maximum Gasteiger partial charge on any atom is 0.510 e. The highest BCUT2D eigenvalue weighted by Crippen LogP contribution is 2.12. The monoisotopic (exact) mass is 203 g/mol. The number of fused-ring (bicyclic) bond motifs is 1. The molecule has 0 fully saturated rings. The quantitative estimate of drug-likeness (QED) is 0.699. The molecule has 0 aliphatic rings. The van der Waals surface area contributed by atoms with Gasteiger partial charge in [-0.1, -0.05) is 18.2 Å². The van der Waals surface area contributed by atoms with E-state index in [0.29, 0.717) is 0 Å². The van der Waals surface area contributed by atoms with Gasteiger partial charge < -0.3 is 13.9 Å². The number of aryl methyl sites for hydroxylation is 1. The maximum atomic E-state index is 5.25. The van der Waals surface area contributed by atoms with Crippen molar-refractivity contribution in [1.29, 1.82) is 0 Å². The molecule has 0 N–H and O–H groups in total. The smallest absolute Gasteiger partial charge is 0.409 e. The second-order valence-electron chi connectivity index (χ2n) is 3.49. The van der Waals surface area contributed by atoms with Crippen molar-refractivity contribution in [3.05, 3.63) is 30.3 Å². The molecule has 3 nitrogen and oxygen atoms in total. The van der Waals surface area contributed by atoms with Crippen LogP contribution in [-0.2, 0) is 16.4 Å². The van der Waals surface area contributed by atoms with Crippen molar-refractivity contribution >= 4 is 23.6 Å². The summed E-state index contributed by atoms with van der Waals surface area (Å²) in [5, 5.41) is 1.20. The fourth-order valence-corrected chi connectivity index (χ4v) is 1.87. The lowest BCUT2D eigenvalue weighted by Crippen LogP contribution is -2.38. The predicted octanol–water partition coefficient (Wildman–Crippen LogP) is 1.17. The summed E-state index contributed by atoms with van der Waals surface area (Å²) in [7, 11) is 5.00. The van der Waals surface area contributed by atoms with E-state index in [1.54, 1.807) is 14.2 Å². The van der Waals surface area contributed by atoms with Crippen LogP contribution >= 0.6 is 0 Å². The third-order valence-corrected chi connectivity index (χ3v) is 2.66. The molecule has 15 heavy (non-hydrogen) atoms. The summed E-state index contributed by atoms with van der Waals surface area (Å²) in [4.78, 5) is 0. The van der Waals surface area contributed by atoms with E-state index in [4.69, 9.17) is 9.31 Å². The zero-order valence-electron chi connectivity index (χ0n) is 9.23. The molecule has 0 amide bonds. The fourth-order valence-electron chi connectivity index (χ4n) is 1.87. The summed E-state index contributed by atoms with van der Waals surface area (Å²) in [6.45, 7) is 0. The van der Waals surface area contributed by atoms with E-state index in [-0.39, 0.29) is 7.12 Å². The zero-order chi connectivity index (χ0) is 10.8. The summed E-state index contributed by atoms with van der Waals surface area (Å²) in [5.41, 5.74) is 2.22. The molecule has 1 aromatic heterocycles. The van der Waals surface area contributed by atoms with Crippen LogP contribution in [0, 0.1) is 0 Å². The Balaban J connectivity index is 2.57. The molecule has 0 spiro atoms. The van der Waals surface area contributed by atoms with Gasteiger partial charge in [0.2, 0.25) is 0 Å². The summed E-state index contributed by atoms with van der Waals surface area (Å²) in [6, 6.07) is 10.3. The molecule has 4 heteroatoms.